The van der Waals surface area contributed by atoms with Gasteiger partial charge in [0, 0.05) is 12.1 Å². The molecule has 2 nitrogen and oxygen atoms in total. The molecule has 2 aliphatic rings. The number of nitrogens with zero attached hydrogens (tertiary/aromatic N) is 1. The van der Waals surface area contributed by atoms with Crippen molar-refractivity contribution in [2.75, 3.05) is 7.05 Å². The molecule has 2 fully saturated rings. The molecule has 2 saturated carbocycles. The molecule has 112 valence electrons. The van der Waals surface area contributed by atoms with Crippen molar-refractivity contribution in [1.82, 2.24) is 4.90 Å². The van der Waals surface area contributed by atoms with E-state index in [-0.39, 0.29) is 6.10 Å². The first-order chi connectivity index (χ1) is 8.95. The van der Waals surface area contributed by atoms with E-state index in [0.717, 1.165) is 24.8 Å². The molecular weight excluding hydrogens is 234 g/mol. The average molecular weight is 267 g/mol. The van der Waals surface area contributed by atoms with Crippen LogP contribution in [0.2, 0.25) is 0 Å². The van der Waals surface area contributed by atoms with Gasteiger partial charge in [-0.2, -0.15) is 0 Å². The summed E-state index contributed by atoms with van der Waals surface area (Å²) < 4.78 is 0. The smallest absolute Gasteiger partial charge is 0.0555 e. The molecule has 3 unspecified atom stereocenters. The van der Waals surface area contributed by atoms with Crippen molar-refractivity contribution in [3.63, 3.8) is 0 Å². The van der Waals surface area contributed by atoms with E-state index in [4.69, 9.17) is 0 Å². The molecule has 2 aliphatic carbocycles. The molecule has 1 N–H and O–H groups in total. The fourth-order valence-electron chi connectivity index (χ4n) is 4.33. The molecular formula is C17H33NO. The van der Waals surface area contributed by atoms with E-state index < -0.39 is 0 Å². The Hall–Kier alpha value is -0.0800. The van der Waals surface area contributed by atoms with Gasteiger partial charge in [0.25, 0.3) is 0 Å². The molecule has 19 heavy (non-hydrogen) atoms. The molecule has 3 atom stereocenters. The first-order valence-electron chi connectivity index (χ1n) is 8.35. The quantitative estimate of drug-likeness (QED) is 0.837. The Morgan fingerprint density at radius 1 is 1.11 bits per heavy atom. The number of aliphatic hydroxyl groups is 1. The highest BCUT2D eigenvalue weighted by Gasteiger charge is 2.41. The van der Waals surface area contributed by atoms with Gasteiger partial charge < -0.3 is 10.0 Å². The lowest BCUT2D eigenvalue weighted by Gasteiger charge is -2.48. The highest BCUT2D eigenvalue weighted by molar-refractivity contribution is 4.95. The molecule has 0 saturated heterocycles. The van der Waals surface area contributed by atoms with Crippen molar-refractivity contribution in [3.05, 3.63) is 0 Å². The van der Waals surface area contributed by atoms with Gasteiger partial charge >= 0.3 is 0 Å². The van der Waals surface area contributed by atoms with E-state index in [2.05, 4.69) is 32.7 Å². The Morgan fingerprint density at radius 3 is 2.32 bits per heavy atom. The second-order valence-electron chi connectivity index (χ2n) is 7.59. The third-order valence-corrected chi connectivity index (χ3v) is 6.13. The zero-order valence-electron chi connectivity index (χ0n) is 13.4. The number of aliphatic hydroxyl groups excluding tert-OH is 1. The van der Waals surface area contributed by atoms with Crippen LogP contribution in [0.1, 0.15) is 72.1 Å². The van der Waals surface area contributed by atoms with Crippen molar-refractivity contribution >= 4 is 0 Å². The number of hydrogen-bond donors (Lipinski definition) is 1. The standard InChI is InChI=1S/C17H33NO/c1-5-17(2,3)15-11-10-14(19)12-16(15)18(4)13-8-6-7-9-13/h13-16,19H,5-12H2,1-4H3. The van der Waals surface area contributed by atoms with Gasteiger partial charge in [0.15, 0.2) is 0 Å². The molecule has 0 heterocycles. The topological polar surface area (TPSA) is 23.5 Å². The normalized spacial score (nSPS) is 34.1. The summed E-state index contributed by atoms with van der Waals surface area (Å²) in [6.45, 7) is 7.16. The van der Waals surface area contributed by atoms with Gasteiger partial charge in [-0.3, -0.25) is 0 Å². The van der Waals surface area contributed by atoms with Crippen LogP contribution in [0, 0.1) is 11.3 Å². The van der Waals surface area contributed by atoms with E-state index in [1.165, 1.54) is 38.5 Å². The van der Waals surface area contributed by atoms with Gasteiger partial charge in [-0.15, -0.1) is 0 Å². The fourth-order valence-corrected chi connectivity index (χ4v) is 4.33. The molecule has 0 spiro atoms. The Bertz CT molecular complexity index is 283. The summed E-state index contributed by atoms with van der Waals surface area (Å²) in [5.41, 5.74) is 0.400. The summed E-state index contributed by atoms with van der Waals surface area (Å²) in [5, 5.41) is 10.1. The van der Waals surface area contributed by atoms with Crippen molar-refractivity contribution in [2.24, 2.45) is 11.3 Å². The first kappa shape index (κ1) is 15.3. The van der Waals surface area contributed by atoms with Crippen molar-refractivity contribution in [1.29, 1.82) is 0 Å². The van der Waals surface area contributed by atoms with Crippen molar-refractivity contribution in [2.45, 2.75) is 90.3 Å². The number of hydrogen-bond acceptors (Lipinski definition) is 2. The third-order valence-electron chi connectivity index (χ3n) is 6.13. The maximum atomic E-state index is 10.1. The lowest BCUT2D eigenvalue weighted by molar-refractivity contribution is -0.0224. The summed E-state index contributed by atoms with van der Waals surface area (Å²) >= 11 is 0. The van der Waals surface area contributed by atoms with Crippen LogP contribution in [0.15, 0.2) is 0 Å². The van der Waals surface area contributed by atoms with Crippen LogP contribution < -0.4 is 0 Å². The third kappa shape index (κ3) is 3.33. The molecule has 0 aromatic rings. The fraction of sp³-hybridized carbons (Fsp3) is 1.00. The SMILES string of the molecule is CCC(C)(C)C1CCC(O)CC1N(C)C1CCCC1. The zero-order chi connectivity index (χ0) is 14.0. The Kier molecular flexibility index (Phi) is 4.94. The minimum atomic E-state index is -0.0715. The van der Waals surface area contributed by atoms with Crippen LogP contribution in [0.5, 0.6) is 0 Å². The molecule has 0 aromatic carbocycles. The van der Waals surface area contributed by atoms with Gasteiger partial charge in [0.2, 0.25) is 0 Å². The Balaban J connectivity index is 2.11. The van der Waals surface area contributed by atoms with Crippen LogP contribution in [0.3, 0.4) is 0 Å². The first-order valence-corrected chi connectivity index (χ1v) is 8.35. The van der Waals surface area contributed by atoms with E-state index >= 15 is 0 Å². The van der Waals surface area contributed by atoms with Gasteiger partial charge in [-0.25, -0.2) is 0 Å². The maximum Gasteiger partial charge on any atom is 0.0555 e. The van der Waals surface area contributed by atoms with Crippen LogP contribution >= 0.6 is 0 Å². The van der Waals surface area contributed by atoms with Gasteiger partial charge in [0.1, 0.15) is 0 Å². The van der Waals surface area contributed by atoms with Gasteiger partial charge in [-0.05, 0) is 50.5 Å². The summed E-state index contributed by atoms with van der Waals surface area (Å²) in [5.74, 6) is 0.742. The predicted molar refractivity (Wildman–Crippen MR) is 81.2 cm³/mol. The minimum absolute atomic E-state index is 0.0715. The van der Waals surface area contributed by atoms with Crippen LogP contribution in [-0.4, -0.2) is 35.2 Å². The molecule has 0 bridgehead atoms. The predicted octanol–water partition coefficient (Wildman–Crippen LogP) is 3.83. The molecule has 2 rings (SSSR count). The lowest BCUT2D eigenvalue weighted by atomic mass is 9.66. The van der Waals surface area contributed by atoms with Gasteiger partial charge in [0.05, 0.1) is 6.10 Å². The second-order valence-corrected chi connectivity index (χ2v) is 7.59. The van der Waals surface area contributed by atoms with E-state index in [1.54, 1.807) is 0 Å². The van der Waals surface area contributed by atoms with Crippen molar-refractivity contribution in [3.8, 4) is 0 Å². The maximum absolute atomic E-state index is 10.1. The van der Waals surface area contributed by atoms with E-state index in [9.17, 15) is 5.11 Å². The van der Waals surface area contributed by atoms with Crippen LogP contribution in [0.25, 0.3) is 0 Å². The lowest BCUT2D eigenvalue weighted by Crippen LogP contribution is -2.51. The second kappa shape index (κ2) is 6.13. The largest absolute Gasteiger partial charge is 0.393 e. The Labute approximate surface area is 119 Å². The molecule has 2 heteroatoms. The molecule has 0 amide bonds. The monoisotopic (exact) mass is 267 g/mol. The van der Waals surface area contributed by atoms with Crippen LogP contribution in [0.4, 0.5) is 0 Å². The summed E-state index contributed by atoms with van der Waals surface area (Å²) in [6, 6.07) is 1.35. The number of rotatable bonds is 4. The summed E-state index contributed by atoms with van der Waals surface area (Å²) in [7, 11) is 2.32. The van der Waals surface area contributed by atoms with Gasteiger partial charge in [-0.1, -0.05) is 40.0 Å². The molecule has 0 aliphatic heterocycles. The van der Waals surface area contributed by atoms with Crippen molar-refractivity contribution < 1.29 is 5.11 Å². The summed E-state index contributed by atoms with van der Waals surface area (Å²) in [6.07, 6.45) is 9.87. The van der Waals surface area contributed by atoms with Crippen LogP contribution in [-0.2, 0) is 0 Å². The highest BCUT2D eigenvalue weighted by Crippen LogP contribution is 2.43. The zero-order valence-corrected chi connectivity index (χ0v) is 13.4. The average Bonchev–Trinajstić information content (AvgIpc) is 2.91. The highest BCUT2D eigenvalue weighted by atomic mass is 16.3. The molecule has 0 radical (unpaired) electrons. The van der Waals surface area contributed by atoms with E-state index in [0.29, 0.717) is 11.5 Å². The minimum Gasteiger partial charge on any atom is -0.393 e. The molecule has 0 aromatic heterocycles. The Morgan fingerprint density at radius 2 is 1.74 bits per heavy atom. The summed E-state index contributed by atoms with van der Waals surface area (Å²) in [4.78, 5) is 2.64. The van der Waals surface area contributed by atoms with E-state index in [1.807, 2.05) is 0 Å².